The Balaban J connectivity index is 1.52. The third-order valence-corrected chi connectivity index (χ3v) is 6.11. The fraction of sp³-hybridized carbons (Fsp3) is 0.269. The van der Waals surface area contributed by atoms with Gasteiger partial charge in [0, 0.05) is 24.0 Å². The van der Waals surface area contributed by atoms with Gasteiger partial charge in [0.1, 0.15) is 11.4 Å². The van der Waals surface area contributed by atoms with Crippen molar-refractivity contribution in [3.05, 3.63) is 82.0 Å². The number of aromatic nitrogens is 4. The number of aliphatic hydroxyl groups excluding tert-OH is 1. The highest BCUT2D eigenvalue weighted by Gasteiger charge is 2.37. The van der Waals surface area contributed by atoms with Crippen LogP contribution in [0.5, 0.6) is 0 Å². The van der Waals surface area contributed by atoms with Crippen molar-refractivity contribution in [1.29, 1.82) is 0 Å². The number of carbonyl (C=O) groups is 1. The monoisotopic (exact) mass is 502 g/mol. The number of cyclic esters (lactones) is 1. The number of aryl methyl sites for hydroxylation is 1. The minimum atomic E-state index is -0.749. The Morgan fingerprint density at radius 3 is 2.59 bits per heavy atom. The maximum atomic E-state index is 12.1. The Hall–Kier alpha value is -4.51. The Labute approximate surface area is 212 Å². The predicted octanol–water partition coefficient (Wildman–Crippen LogP) is 3.61. The molecular weight excluding hydrogens is 476 g/mol. The van der Waals surface area contributed by atoms with Gasteiger partial charge in [-0.05, 0) is 44.5 Å². The fourth-order valence-corrected chi connectivity index (χ4v) is 4.18. The zero-order chi connectivity index (χ0) is 26.2. The zero-order valence-electron chi connectivity index (χ0n) is 20.6. The first kappa shape index (κ1) is 24.2. The van der Waals surface area contributed by atoms with Gasteiger partial charge < -0.3 is 24.9 Å². The molecule has 3 N–H and O–H groups in total. The van der Waals surface area contributed by atoms with Crippen molar-refractivity contribution in [3.63, 3.8) is 0 Å². The Bertz CT molecular complexity index is 1510. The summed E-state index contributed by atoms with van der Waals surface area (Å²) < 4.78 is 12.0. The van der Waals surface area contributed by atoms with Crippen molar-refractivity contribution in [2.45, 2.75) is 39.0 Å². The first-order valence-corrected chi connectivity index (χ1v) is 11.8. The van der Waals surface area contributed by atoms with Crippen molar-refractivity contribution in [3.8, 4) is 11.5 Å². The van der Waals surface area contributed by atoms with Crippen molar-refractivity contribution in [2.75, 3.05) is 17.2 Å². The van der Waals surface area contributed by atoms with Crippen LogP contribution >= 0.6 is 0 Å². The molecule has 0 aliphatic carbocycles. The van der Waals surface area contributed by atoms with Crippen LogP contribution in [-0.4, -0.2) is 37.4 Å². The number of aliphatic hydroxyl groups is 1. The maximum Gasteiger partial charge on any atom is 0.437 e. The quantitative estimate of drug-likeness (QED) is 0.306. The molecule has 0 fully saturated rings. The highest BCUT2D eigenvalue weighted by molar-refractivity contribution is 5.95. The van der Waals surface area contributed by atoms with Crippen LogP contribution in [0.2, 0.25) is 0 Å². The zero-order valence-corrected chi connectivity index (χ0v) is 20.6. The minimum absolute atomic E-state index is 0.0561. The van der Waals surface area contributed by atoms with Crippen LogP contribution in [0.4, 0.5) is 17.5 Å². The SMILES string of the molecule is CCn1nc(-c2cnc(Nc3ccc4c(c3)C(C)(C)OC4=O)nc2N[C@H](CO)c2ccccc2)oc1=O. The molecule has 5 rings (SSSR count). The van der Waals surface area contributed by atoms with Crippen LogP contribution in [0.1, 0.15) is 48.3 Å². The van der Waals surface area contributed by atoms with Gasteiger partial charge in [-0.15, -0.1) is 5.10 Å². The third kappa shape index (κ3) is 4.68. The number of fused-ring (bicyclic) bond motifs is 1. The lowest BCUT2D eigenvalue weighted by molar-refractivity contribution is 0.00954. The second kappa shape index (κ2) is 9.51. The van der Waals surface area contributed by atoms with Crippen molar-refractivity contribution < 1.29 is 19.1 Å². The molecule has 0 saturated carbocycles. The van der Waals surface area contributed by atoms with Gasteiger partial charge >= 0.3 is 11.7 Å². The van der Waals surface area contributed by atoms with E-state index in [0.29, 0.717) is 29.2 Å². The summed E-state index contributed by atoms with van der Waals surface area (Å²) in [6.45, 7) is 5.57. The lowest BCUT2D eigenvalue weighted by Crippen LogP contribution is -2.17. The Morgan fingerprint density at radius 1 is 1.11 bits per heavy atom. The molecule has 0 spiro atoms. The first-order chi connectivity index (χ1) is 17.8. The minimum Gasteiger partial charge on any atom is -0.451 e. The molecule has 0 saturated heterocycles. The molecule has 0 unspecified atom stereocenters. The number of benzene rings is 2. The van der Waals surface area contributed by atoms with Gasteiger partial charge in [0.25, 0.3) is 5.89 Å². The van der Waals surface area contributed by atoms with Gasteiger partial charge in [-0.1, -0.05) is 30.3 Å². The molecular formula is C26H26N6O5. The lowest BCUT2D eigenvalue weighted by Gasteiger charge is -2.20. The topological polar surface area (TPSA) is 144 Å². The Kier molecular flexibility index (Phi) is 6.22. The molecule has 1 atom stereocenters. The van der Waals surface area contributed by atoms with E-state index in [9.17, 15) is 14.7 Å². The summed E-state index contributed by atoms with van der Waals surface area (Å²) in [6.07, 6.45) is 1.49. The molecule has 0 radical (unpaired) electrons. The highest BCUT2D eigenvalue weighted by atomic mass is 16.6. The molecule has 37 heavy (non-hydrogen) atoms. The van der Waals surface area contributed by atoms with Crippen LogP contribution in [0.25, 0.3) is 11.5 Å². The van der Waals surface area contributed by atoms with Gasteiger partial charge in [-0.3, -0.25) is 0 Å². The van der Waals surface area contributed by atoms with E-state index in [-0.39, 0.29) is 24.4 Å². The fourth-order valence-electron chi connectivity index (χ4n) is 4.18. The predicted molar refractivity (Wildman–Crippen MR) is 136 cm³/mol. The van der Waals surface area contributed by atoms with Crippen LogP contribution < -0.4 is 16.4 Å². The van der Waals surface area contributed by atoms with E-state index in [1.165, 1.54) is 10.9 Å². The second-order valence-electron chi connectivity index (χ2n) is 9.02. The summed E-state index contributed by atoms with van der Waals surface area (Å²) in [4.78, 5) is 33.3. The van der Waals surface area contributed by atoms with E-state index in [1.54, 1.807) is 19.1 Å². The molecule has 2 aromatic carbocycles. The molecule has 0 amide bonds. The van der Waals surface area contributed by atoms with Gasteiger partial charge in [-0.25, -0.2) is 14.6 Å². The number of ether oxygens (including phenoxy) is 1. The standard InChI is InChI=1S/C26H26N6O5/c1-4-32-25(35)36-22(31-32)18-13-27-24(30-21(18)29-20(14-33)15-8-6-5-7-9-15)28-16-10-11-17-19(12-16)26(2,3)37-23(17)34/h5-13,20,33H,4,14H2,1-3H3,(H2,27,28,29,30)/t20-/m1/s1. The average molecular weight is 503 g/mol. The van der Waals surface area contributed by atoms with Crippen molar-refractivity contribution >= 4 is 23.4 Å². The molecule has 190 valence electrons. The number of hydrogen-bond acceptors (Lipinski definition) is 10. The van der Waals surface area contributed by atoms with Crippen LogP contribution in [-0.2, 0) is 16.9 Å². The van der Waals surface area contributed by atoms with Crippen LogP contribution in [0, 0.1) is 0 Å². The summed E-state index contributed by atoms with van der Waals surface area (Å²) in [7, 11) is 0. The van der Waals surface area contributed by atoms with Gasteiger partial charge in [0.15, 0.2) is 0 Å². The molecule has 4 aromatic rings. The van der Waals surface area contributed by atoms with Gasteiger partial charge in [0.2, 0.25) is 5.95 Å². The number of rotatable bonds is 8. The number of carbonyl (C=O) groups excluding carboxylic acids is 1. The van der Waals surface area contributed by atoms with Crippen LogP contribution in [0.15, 0.2) is 63.9 Å². The van der Waals surface area contributed by atoms with E-state index in [4.69, 9.17) is 9.15 Å². The molecule has 0 bridgehead atoms. The molecule has 1 aliphatic rings. The summed E-state index contributed by atoms with van der Waals surface area (Å²) >= 11 is 0. The van der Waals surface area contributed by atoms with Gasteiger partial charge in [0.05, 0.1) is 23.8 Å². The number of nitrogens with one attached hydrogen (secondary N) is 2. The van der Waals surface area contributed by atoms with E-state index in [0.717, 1.165) is 11.1 Å². The summed E-state index contributed by atoms with van der Waals surface area (Å²) in [5.41, 5.74) is 2.39. The highest BCUT2D eigenvalue weighted by Crippen LogP contribution is 2.38. The number of hydrogen-bond donors (Lipinski definition) is 3. The van der Waals surface area contributed by atoms with E-state index in [1.807, 2.05) is 50.2 Å². The molecule has 1 aliphatic heterocycles. The maximum absolute atomic E-state index is 12.1. The smallest absolute Gasteiger partial charge is 0.437 e. The van der Waals surface area contributed by atoms with Gasteiger partial charge in [-0.2, -0.15) is 9.67 Å². The summed E-state index contributed by atoms with van der Waals surface area (Å²) in [6, 6.07) is 14.2. The van der Waals surface area contributed by atoms with E-state index >= 15 is 0 Å². The number of anilines is 3. The number of esters is 1. The summed E-state index contributed by atoms with van der Waals surface area (Å²) in [5, 5.41) is 20.7. The largest absolute Gasteiger partial charge is 0.451 e. The molecule has 3 heterocycles. The molecule has 11 heteroatoms. The first-order valence-electron chi connectivity index (χ1n) is 11.8. The van der Waals surface area contributed by atoms with Crippen LogP contribution in [0.3, 0.4) is 0 Å². The third-order valence-electron chi connectivity index (χ3n) is 6.11. The van der Waals surface area contributed by atoms with E-state index in [2.05, 4.69) is 25.7 Å². The van der Waals surface area contributed by atoms with Crippen molar-refractivity contribution in [2.24, 2.45) is 0 Å². The average Bonchev–Trinajstić information content (AvgIpc) is 3.38. The lowest BCUT2D eigenvalue weighted by atomic mass is 9.95. The van der Waals surface area contributed by atoms with Crippen molar-refractivity contribution in [1.82, 2.24) is 19.7 Å². The summed E-state index contributed by atoms with van der Waals surface area (Å²) in [5.74, 6) is -0.339. The second-order valence-corrected chi connectivity index (χ2v) is 9.02. The Morgan fingerprint density at radius 2 is 1.89 bits per heavy atom. The molecule has 2 aromatic heterocycles. The molecule has 11 nitrogen and oxygen atoms in total. The number of nitrogens with zero attached hydrogens (tertiary/aromatic N) is 4. The normalized spacial score (nSPS) is 14.6. The van der Waals surface area contributed by atoms with E-state index < -0.39 is 17.4 Å².